The van der Waals surface area contributed by atoms with Crippen LogP contribution in [-0.4, -0.2) is 30.6 Å². The van der Waals surface area contributed by atoms with E-state index in [4.69, 9.17) is 5.26 Å². The monoisotopic (exact) mass is 285 g/mol. The Balaban J connectivity index is 1.87. The molecule has 1 aromatic rings. The molecule has 0 saturated carbocycles. The molecule has 21 heavy (non-hydrogen) atoms. The Labute approximate surface area is 129 Å². The number of rotatable bonds is 5. The maximum atomic E-state index is 8.86. The first kappa shape index (κ1) is 16.0. The van der Waals surface area contributed by atoms with Gasteiger partial charge in [-0.25, -0.2) is 0 Å². The second kappa shape index (κ2) is 8.17. The number of nitriles is 1. The Bertz CT molecular complexity index is 460. The van der Waals surface area contributed by atoms with Gasteiger partial charge in [0, 0.05) is 12.1 Å². The lowest BCUT2D eigenvalue weighted by Crippen LogP contribution is -2.33. The Morgan fingerprint density at radius 3 is 2.71 bits per heavy atom. The van der Waals surface area contributed by atoms with E-state index in [1.54, 1.807) is 0 Å². The van der Waals surface area contributed by atoms with Gasteiger partial charge in [-0.1, -0.05) is 19.1 Å². The van der Waals surface area contributed by atoms with Crippen LogP contribution in [0.2, 0.25) is 0 Å². The molecule has 2 unspecified atom stereocenters. The predicted octanol–water partition coefficient (Wildman–Crippen LogP) is 3.47. The van der Waals surface area contributed by atoms with Crippen molar-refractivity contribution in [2.75, 3.05) is 19.6 Å². The molecule has 0 aromatic heterocycles. The van der Waals surface area contributed by atoms with Gasteiger partial charge in [-0.2, -0.15) is 5.26 Å². The van der Waals surface area contributed by atoms with Crippen LogP contribution in [-0.2, 0) is 0 Å². The largest absolute Gasteiger partial charge is 0.307 e. The molecule has 1 aromatic carbocycles. The minimum atomic E-state index is 0.348. The molecule has 3 heteroatoms. The van der Waals surface area contributed by atoms with E-state index in [0.29, 0.717) is 12.1 Å². The van der Waals surface area contributed by atoms with Gasteiger partial charge in [0.1, 0.15) is 0 Å². The van der Waals surface area contributed by atoms with Crippen molar-refractivity contribution < 1.29 is 0 Å². The van der Waals surface area contributed by atoms with Crippen molar-refractivity contribution in [3.63, 3.8) is 0 Å². The molecule has 2 rings (SSSR count). The maximum absolute atomic E-state index is 8.86. The van der Waals surface area contributed by atoms with Gasteiger partial charge < -0.3 is 10.2 Å². The van der Waals surface area contributed by atoms with E-state index >= 15 is 0 Å². The van der Waals surface area contributed by atoms with Crippen molar-refractivity contribution in [1.82, 2.24) is 10.2 Å². The summed E-state index contributed by atoms with van der Waals surface area (Å²) >= 11 is 0. The number of nitrogens with one attached hydrogen (secondary N) is 1. The lowest BCUT2D eigenvalue weighted by atomic mass is 10.0. The minimum absolute atomic E-state index is 0.348. The maximum Gasteiger partial charge on any atom is 0.0991 e. The molecule has 114 valence electrons. The van der Waals surface area contributed by atoms with Gasteiger partial charge in [-0.3, -0.25) is 0 Å². The predicted molar refractivity (Wildman–Crippen MR) is 87.1 cm³/mol. The molecule has 1 aliphatic rings. The van der Waals surface area contributed by atoms with Gasteiger partial charge >= 0.3 is 0 Å². The highest BCUT2D eigenvalue weighted by molar-refractivity contribution is 5.32. The van der Waals surface area contributed by atoms with Gasteiger partial charge in [0.15, 0.2) is 0 Å². The third-order valence-corrected chi connectivity index (χ3v) is 4.39. The molecule has 0 bridgehead atoms. The standard InChI is InChI=1S/C18H27N3/c1-3-11-21-12-4-5-18(10-13-21)20-15(2)17-8-6-16(14-19)7-9-17/h6-9,15,18,20H,3-5,10-13H2,1-2H3. The summed E-state index contributed by atoms with van der Waals surface area (Å²) in [6, 6.07) is 11.1. The van der Waals surface area contributed by atoms with Crippen molar-refractivity contribution in [3.05, 3.63) is 35.4 Å². The smallest absolute Gasteiger partial charge is 0.0991 e. The molecular formula is C18H27N3. The first-order valence-electron chi connectivity index (χ1n) is 8.21. The van der Waals surface area contributed by atoms with Crippen LogP contribution in [0.15, 0.2) is 24.3 Å². The van der Waals surface area contributed by atoms with Crippen molar-refractivity contribution in [2.45, 2.75) is 51.6 Å². The molecule has 0 spiro atoms. The zero-order chi connectivity index (χ0) is 15.1. The first-order chi connectivity index (χ1) is 10.2. The van der Waals surface area contributed by atoms with Crippen molar-refractivity contribution >= 4 is 0 Å². The zero-order valence-electron chi connectivity index (χ0n) is 13.3. The number of hydrogen-bond donors (Lipinski definition) is 1. The zero-order valence-corrected chi connectivity index (χ0v) is 13.3. The molecular weight excluding hydrogens is 258 g/mol. The fourth-order valence-corrected chi connectivity index (χ4v) is 3.16. The fourth-order valence-electron chi connectivity index (χ4n) is 3.16. The highest BCUT2D eigenvalue weighted by Gasteiger charge is 2.18. The Kier molecular flexibility index (Phi) is 6.22. The SMILES string of the molecule is CCCN1CCCC(NC(C)c2ccc(C#N)cc2)CC1. The second-order valence-electron chi connectivity index (χ2n) is 6.09. The third-order valence-electron chi connectivity index (χ3n) is 4.39. The van der Waals surface area contributed by atoms with E-state index in [0.717, 1.165) is 5.56 Å². The van der Waals surface area contributed by atoms with Gasteiger partial charge in [-0.05, 0) is 69.9 Å². The molecule has 1 heterocycles. The van der Waals surface area contributed by atoms with Crippen LogP contribution >= 0.6 is 0 Å². The molecule has 3 nitrogen and oxygen atoms in total. The highest BCUT2D eigenvalue weighted by atomic mass is 15.1. The average molecular weight is 285 g/mol. The van der Waals surface area contributed by atoms with Crippen LogP contribution in [0.4, 0.5) is 0 Å². The Hall–Kier alpha value is -1.37. The van der Waals surface area contributed by atoms with E-state index in [1.807, 2.05) is 12.1 Å². The van der Waals surface area contributed by atoms with Crippen LogP contribution in [0.1, 0.15) is 56.7 Å². The normalized spacial score (nSPS) is 21.5. The van der Waals surface area contributed by atoms with E-state index < -0.39 is 0 Å². The number of benzene rings is 1. The Morgan fingerprint density at radius 1 is 1.29 bits per heavy atom. The van der Waals surface area contributed by atoms with Crippen LogP contribution in [0.25, 0.3) is 0 Å². The summed E-state index contributed by atoms with van der Waals surface area (Å²) in [7, 11) is 0. The van der Waals surface area contributed by atoms with E-state index in [1.165, 1.54) is 50.9 Å². The van der Waals surface area contributed by atoms with Crippen molar-refractivity contribution in [1.29, 1.82) is 5.26 Å². The third kappa shape index (κ3) is 4.84. The quantitative estimate of drug-likeness (QED) is 0.900. The lowest BCUT2D eigenvalue weighted by Gasteiger charge is -2.23. The summed E-state index contributed by atoms with van der Waals surface area (Å²) in [5.74, 6) is 0. The summed E-state index contributed by atoms with van der Waals surface area (Å²) in [6.45, 7) is 8.17. The summed E-state index contributed by atoms with van der Waals surface area (Å²) in [6.07, 6.45) is 5.04. The molecule has 1 saturated heterocycles. The molecule has 1 fully saturated rings. The topological polar surface area (TPSA) is 39.1 Å². The summed E-state index contributed by atoms with van der Waals surface area (Å²) in [4.78, 5) is 2.59. The average Bonchev–Trinajstić information content (AvgIpc) is 2.73. The van der Waals surface area contributed by atoms with E-state index in [-0.39, 0.29) is 0 Å². The van der Waals surface area contributed by atoms with Gasteiger partial charge in [0.25, 0.3) is 0 Å². The number of hydrogen-bond acceptors (Lipinski definition) is 3. The molecule has 0 amide bonds. The van der Waals surface area contributed by atoms with Gasteiger partial charge in [-0.15, -0.1) is 0 Å². The minimum Gasteiger partial charge on any atom is -0.307 e. The second-order valence-corrected chi connectivity index (χ2v) is 6.09. The van der Waals surface area contributed by atoms with Crippen LogP contribution in [0.3, 0.4) is 0 Å². The van der Waals surface area contributed by atoms with Crippen LogP contribution in [0, 0.1) is 11.3 Å². The van der Waals surface area contributed by atoms with E-state index in [9.17, 15) is 0 Å². The molecule has 1 N–H and O–H groups in total. The highest BCUT2D eigenvalue weighted by Crippen LogP contribution is 2.18. The molecule has 1 aliphatic heterocycles. The first-order valence-corrected chi connectivity index (χ1v) is 8.21. The van der Waals surface area contributed by atoms with Crippen molar-refractivity contribution in [2.24, 2.45) is 0 Å². The summed E-state index contributed by atoms with van der Waals surface area (Å²) in [5.41, 5.74) is 2.00. The summed E-state index contributed by atoms with van der Waals surface area (Å²) < 4.78 is 0. The molecule has 0 aliphatic carbocycles. The number of likely N-dealkylation sites (tertiary alicyclic amines) is 1. The Morgan fingerprint density at radius 2 is 2.05 bits per heavy atom. The van der Waals surface area contributed by atoms with Crippen LogP contribution < -0.4 is 5.32 Å². The summed E-state index contributed by atoms with van der Waals surface area (Å²) in [5, 5.41) is 12.6. The van der Waals surface area contributed by atoms with Gasteiger partial charge in [0.2, 0.25) is 0 Å². The number of nitrogens with zero attached hydrogens (tertiary/aromatic N) is 2. The molecule has 0 radical (unpaired) electrons. The molecule has 2 atom stereocenters. The van der Waals surface area contributed by atoms with Gasteiger partial charge in [0.05, 0.1) is 11.6 Å². The lowest BCUT2D eigenvalue weighted by molar-refractivity contribution is 0.281. The fraction of sp³-hybridized carbons (Fsp3) is 0.611. The van der Waals surface area contributed by atoms with Crippen LogP contribution in [0.5, 0.6) is 0 Å². The van der Waals surface area contributed by atoms with E-state index in [2.05, 4.69) is 42.3 Å². The van der Waals surface area contributed by atoms with Crippen molar-refractivity contribution in [3.8, 4) is 6.07 Å².